The van der Waals surface area contributed by atoms with Crippen molar-refractivity contribution in [2.75, 3.05) is 24.8 Å². The first kappa shape index (κ1) is 24.7. The quantitative estimate of drug-likeness (QED) is 0.366. The van der Waals surface area contributed by atoms with Crippen molar-refractivity contribution in [2.45, 2.75) is 18.0 Å². The molecule has 0 aliphatic carbocycles. The molecule has 1 N–H and O–H groups in total. The van der Waals surface area contributed by atoms with Gasteiger partial charge in [-0.3, -0.25) is 5.10 Å². The van der Waals surface area contributed by atoms with Gasteiger partial charge in [-0.2, -0.15) is 18.3 Å². The van der Waals surface area contributed by atoms with E-state index in [1.807, 2.05) is 0 Å². The Bertz CT molecular complexity index is 1520. The van der Waals surface area contributed by atoms with Gasteiger partial charge in [0.1, 0.15) is 22.5 Å². The fraction of sp³-hybridized carbons (Fsp3) is 0.227. The van der Waals surface area contributed by atoms with Crippen LogP contribution in [0.5, 0.6) is 5.75 Å². The molecule has 0 saturated heterocycles. The molecule has 0 unspecified atom stereocenters. The van der Waals surface area contributed by atoms with Gasteiger partial charge in [-0.25, -0.2) is 18.4 Å². The average molecular weight is 526 g/mol. The molecule has 35 heavy (non-hydrogen) atoms. The summed E-state index contributed by atoms with van der Waals surface area (Å²) in [6.45, 7) is 2.00. The van der Waals surface area contributed by atoms with E-state index in [9.17, 15) is 21.6 Å². The van der Waals surface area contributed by atoms with Crippen LogP contribution in [0.25, 0.3) is 22.3 Å². The lowest BCUT2D eigenvalue weighted by atomic mass is 10.1. The summed E-state index contributed by atoms with van der Waals surface area (Å²) in [5.74, 6) is 0.340. The SMILES string of the molecule is CCN(c1nc(-c2c(OC)cccc2S(C)(=O)=O)c2[nH]ncc2n1)c1ccc(C(F)(F)F)cc1Cl. The number of H-pyrrole nitrogens is 1. The third kappa shape index (κ3) is 4.63. The van der Waals surface area contributed by atoms with Crippen LogP contribution in [0.4, 0.5) is 24.8 Å². The maximum Gasteiger partial charge on any atom is 0.416 e. The summed E-state index contributed by atoms with van der Waals surface area (Å²) < 4.78 is 70.0. The third-order valence-electron chi connectivity index (χ3n) is 5.26. The normalized spacial score (nSPS) is 12.2. The highest BCUT2D eigenvalue weighted by molar-refractivity contribution is 7.90. The van der Waals surface area contributed by atoms with Crippen molar-refractivity contribution in [3.8, 4) is 17.0 Å². The van der Waals surface area contributed by atoms with Crippen molar-refractivity contribution in [1.82, 2.24) is 20.2 Å². The van der Waals surface area contributed by atoms with E-state index in [0.717, 1.165) is 18.4 Å². The number of ether oxygens (including phenoxy) is 1. The molecule has 0 fully saturated rings. The maximum atomic E-state index is 13.1. The van der Waals surface area contributed by atoms with E-state index >= 15 is 0 Å². The van der Waals surface area contributed by atoms with Gasteiger partial charge in [0.05, 0.1) is 40.0 Å². The number of nitrogens with zero attached hydrogens (tertiary/aromatic N) is 4. The number of nitrogens with one attached hydrogen (secondary N) is 1. The number of fused-ring (bicyclic) bond motifs is 1. The van der Waals surface area contributed by atoms with Gasteiger partial charge >= 0.3 is 6.18 Å². The molecule has 0 atom stereocenters. The first-order valence-electron chi connectivity index (χ1n) is 10.2. The van der Waals surface area contributed by atoms with Crippen LogP contribution in [0.3, 0.4) is 0 Å². The number of alkyl halides is 3. The monoisotopic (exact) mass is 525 g/mol. The zero-order valence-electron chi connectivity index (χ0n) is 18.7. The van der Waals surface area contributed by atoms with Crippen LogP contribution >= 0.6 is 11.6 Å². The van der Waals surface area contributed by atoms with Gasteiger partial charge in [0.2, 0.25) is 5.95 Å². The van der Waals surface area contributed by atoms with E-state index in [-0.39, 0.29) is 45.1 Å². The maximum absolute atomic E-state index is 13.1. The van der Waals surface area contributed by atoms with E-state index in [1.54, 1.807) is 19.1 Å². The highest BCUT2D eigenvalue weighted by atomic mass is 35.5. The zero-order chi connectivity index (χ0) is 25.5. The Morgan fingerprint density at radius 1 is 1.17 bits per heavy atom. The average Bonchev–Trinajstić information content (AvgIpc) is 3.27. The molecule has 2 heterocycles. The molecule has 0 bridgehead atoms. The molecule has 8 nitrogen and oxygen atoms in total. The summed E-state index contributed by atoms with van der Waals surface area (Å²) in [4.78, 5) is 10.6. The summed E-state index contributed by atoms with van der Waals surface area (Å²) >= 11 is 6.23. The molecule has 184 valence electrons. The largest absolute Gasteiger partial charge is 0.496 e. The fourth-order valence-electron chi connectivity index (χ4n) is 3.67. The van der Waals surface area contributed by atoms with Gasteiger partial charge in [-0.05, 0) is 37.3 Å². The topological polar surface area (TPSA) is 101 Å². The predicted octanol–water partition coefficient (Wildman–Crippen LogP) is 5.26. The lowest BCUT2D eigenvalue weighted by Crippen LogP contribution is -2.20. The standard InChI is InChI=1S/C22H19ClF3N5O3S/c1-4-31(15-9-8-12(10-13(15)23)22(24,25)26)21-28-14-11-27-30-19(14)20(29-21)18-16(34-2)6-5-7-17(18)35(3,32)33/h5-11H,4H2,1-3H3,(H,27,30). The number of sulfone groups is 1. The Labute approximate surface area is 203 Å². The van der Waals surface area contributed by atoms with Crippen molar-refractivity contribution < 1.29 is 26.3 Å². The molecule has 0 aliphatic rings. The van der Waals surface area contributed by atoms with E-state index < -0.39 is 21.6 Å². The molecule has 4 aromatic rings. The van der Waals surface area contributed by atoms with Crippen molar-refractivity contribution in [3.63, 3.8) is 0 Å². The number of rotatable bonds is 6. The van der Waals surface area contributed by atoms with Crippen molar-refractivity contribution in [1.29, 1.82) is 0 Å². The van der Waals surface area contributed by atoms with Crippen LogP contribution in [-0.4, -0.2) is 48.5 Å². The number of benzene rings is 2. The molecule has 0 aliphatic heterocycles. The van der Waals surface area contributed by atoms with Crippen molar-refractivity contribution in [3.05, 3.63) is 53.2 Å². The Hall–Kier alpha value is -3.38. The molecule has 4 rings (SSSR count). The van der Waals surface area contributed by atoms with Gasteiger partial charge in [0.25, 0.3) is 0 Å². The summed E-state index contributed by atoms with van der Waals surface area (Å²) in [6, 6.07) is 7.56. The number of hydrogen-bond acceptors (Lipinski definition) is 7. The van der Waals surface area contributed by atoms with Gasteiger partial charge < -0.3 is 9.64 Å². The second kappa shape index (κ2) is 9.00. The highest BCUT2D eigenvalue weighted by Crippen LogP contribution is 2.40. The molecule has 0 radical (unpaired) electrons. The predicted molar refractivity (Wildman–Crippen MR) is 126 cm³/mol. The van der Waals surface area contributed by atoms with Crippen LogP contribution in [0, 0.1) is 0 Å². The highest BCUT2D eigenvalue weighted by Gasteiger charge is 2.32. The third-order valence-corrected chi connectivity index (χ3v) is 6.70. The summed E-state index contributed by atoms with van der Waals surface area (Å²) in [6.07, 6.45) is -2.05. The molecule has 2 aromatic heterocycles. The van der Waals surface area contributed by atoms with Gasteiger partial charge in [0, 0.05) is 12.8 Å². The minimum Gasteiger partial charge on any atom is -0.496 e. The van der Waals surface area contributed by atoms with E-state index in [4.69, 9.17) is 16.3 Å². The van der Waals surface area contributed by atoms with E-state index in [2.05, 4.69) is 20.2 Å². The van der Waals surface area contributed by atoms with Gasteiger partial charge in [-0.15, -0.1) is 0 Å². The molecule has 2 aromatic carbocycles. The fourth-order valence-corrected chi connectivity index (χ4v) is 4.85. The van der Waals surface area contributed by atoms with Crippen LogP contribution in [-0.2, 0) is 16.0 Å². The van der Waals surface area contributed by atoms with Crippen LogP contribution < -0.4 is 9.64 Å². The number of halogens is 4. The van der Waals surface area contributed by atoms with Crippen molar-refractivity contribution in [2.24, 2.45) is 0 Å². The number of aromatic amines is 1. The minimum atomic E-state index is -4.55. The molecule has 0 spiro atoms. The van der Waals surface area contributed by atoms with Crippen LogP contribution in [0.1, 0.15) is 12.5 Å². The molecule has 13 heteroatoms. The number of anilines is 2. The second-order valence-corrected chi connectivity index (χ2v) is 9.91. The second-order valence-electron chi connectivity index (χ2n) is 7.52. The molecule has 0 amide bonds. The molecular formula is C22H19ClF3N5O3S. The van der Waals surface area contributed by atoms with Crippen molar-refractivity contribution >= 4 is 44.1 Å². The number of methoxy groups -OCH3 is 1. The zero-order valence-corrected chi connectivity index (χ0v) is 20.3. The lowest BCUT2D eigenvalue weighted by molar-refractivity contribution is -0.137. The minimum absolute atomic E-state index is 0.0204. The van der Waals surface area contributed by atoms with E-state index in [0.29, 0.717) is 11.0 Å². The Morgan fingerprint density at radius 2 is 1.91 bits per heavy atom. The molecule has 0 saturated carbocycles. The Morgan fingerprint density at radius 3 is 2.51 bits per heavy atom. The molecular weight excluding hydrogens is 507 g/mol. The Kier molecular flexibility index (Phi) is 6.36. The van der Waals surface area contributed by atoms with Gasteiger partial charge in [-0.1, -0.05) is 17.7 Å². The summed E-state index contributed by atoms with van der Waals surface area (Å²) in [5, 5.41) is 6.64. The Balaban J connectivity index is 1.98. The van der Waals surface area contributed by atoms with E-state index in [1.165, 1.54) is 30.3 Å². The first-order chi connectivity index (χ1) is 16.5. The number of aromatic nitrogens is 4. The van der Waals surface area contributed by atoms with Crippen LogP contribution in [0.15, 0.2) is 47.5 Å². The summed E-state index contributed by atoms with van der Waals surface area (Å²) in [7, 11) is -2.30. The number of hydrogen-bond donors (Lipinski definition) is 1. The smallest absolute Gasteiger partial charge is 0.416 e. The van der Waals surface area contributed by atoms with Crippen LogP contribution in [0.2, 0.25) is 5.02 Å². The van der Waals surface area contributed by atoms with Gasteiger partial charge in [0.15, 0.2) is 9.84 Å². The first-order valence-corrected chi connectivity index (χ1v) is 12.5. The lowest BCUT2D eigenvalue weighted by Gasteiger charge is -2.24. The summed E-state index contributed by atoms with van der Waals surface area (Å²) in [5.41, 5.74) is 0.474.